The van der Waals surface area contributed by atoms with Gasteiger partial charge in [-0.1, -0.05) is 84.4 Å². The Labute approximate surface area is 247 Å². The second-order valence-electron chi connectivity index (χ2n) is 11.5. The van der Waals surface area contributed by atoms with Gasteiger partial charge in [-0.25, -0.2) is 0 Å². The fourth-order valence-corrected chi connectivity index (χ4v) is 6.22. The number of aliphatic hydroxyl groups is 1. The van der Waals surface area contributed by atoms with Gasteiger partial charge in [0.1, 0.15) is 5.76 Å². The van der Waals surface area contributed by atoms with Crippen molar-refractivity contribution in [3.63, 3.8) is 0 Å². The number of hydrogen-bond donors (Lipinski definition) is 1. The first-order valence-electron chi connectivity index (χ1n) is 14.4. The third-order valence-corrected chi connectivity index (χ3v) is 8.32. The maximum Gasteiger partial charge on any atom is 0.201 e. The Morgan fingerprint density at radius 1 is 0.810 bits per heavy atom. The van der Waals surface area contributed by atoms with Gasteiger partial charge in [0.15, 0.2) is 0 Å². The zero-order valence-electron chi connectivity index (χ0n) is 24.9. The predicted molar refractivity (Wildman–Crippen MR) is 174 cm³/mol. The van der Waals surface area contributed by atoms with Crippen LogP contribution in [0.3, 0.4) is 0 Å². The van der Waals surface area contributed by atoms with Crippen molar-refractivity contribution < 1.29 is 9.90 Å². The average molecular weight is 550 g/mol. The van der Waals surface area contributed by atoms with Crippen LogP contribution < -0.4 is 0 Å². The molecule has 1 aliphatic carbocycles. The van der Waals surface area contributed by atoms with Gasteiger partial charge in [0.05, 0.1) is 16.7 Å². The average Bonchev–Trinajstić information content (AvgIpc) is 3.24. The van der Waals surface area contributed by atoms with Crippen molar-refractivity contribution in [1.82, 2.24) is 4.57 Å². The first-order chi connectivity index (χ1) is 20.2. The third-order valence-electron chi connectivity index (χ3n) is 8.32. The van der Waals surface area contributed by atoms with Gasteiger partial charge in [0.2, 0.25) is 5.78 Å². The summed E-state index contributed by atoms with van der Waals surface area (Å²) < 4.78 is 2.19. The summed E-state index contributed by atoms with van der Waals surface area (Å²) in [6.07, 6.45) is 0.868. The quantitative estimate of drug-likeness (QED) is 0.214. The lowest BCUT2D eigenvalue weighted by molar-refractivity contribution is -0.111. The second kappa shape index (κ2) is 10.5. The molecule has 1 heterocycles. The standard InChI is InChI=1S/C39H35NO2/c1-23(2)34(31-20-24(3)12-14-26(31)5)36-38(41)37(39(36)42)35-27(6)40(33-19-13-25(4)21-32(33)35)30-17-15-29(16-18-30)22-28-10-8-7-9-11-28/h7-21,41H,1,22H2,2-6H3/b36-34+. The van der Waals surface area contributed by atoms with Gasteiger partial charge in [-0.05, 0) is 98.7 Å². The van der Waals surface area contributed by atoms with Crippen LogP contribution in [0.1, 0.15) is 51.6 Å². The number of carbonyl (C=O) groups is 1. The van der Waals surface area contributed by atoms with Crippen LogP contribution in [0.5, 0.6) is 0 Å². The van der Waals surface area contributed by atoms with Crippen molar-refractivity contribution in [3.05, 3.63) is 159 Å². The summed E-state index contributed by atoms with van der Waals surface area (Å²) in [5, 5.41) is 12.5. The number of rotatable bonds is 6. The molecule has 4 aromatic carbocycles. The lowest BCUT2D eigenvalue weighted by Crippen LogP contribution is -2.23. The van der Waals surface area contributed by atoms with Gasteiger partial charge < -0.3 is 9.67 Å². The topological polar surface area (TPSA) is 42.2 Å². The molecular formula is C39H35NO2. The largest absolute Gasteiger partial charge is 0.506 e. The molecule has 0 spiro atoms. The summed E-state index contributed by atoms with van der Waals surface area (Å²) in [5.41, 5.74) is 12.6. The Hall–Kier alpha value is -4.89. The molecule has 3 nitrogen and oxygen atoms in total. The molecule has 0 saturated heterocycles. The minimum Gasteiger partial charge on any atom is -0.506 e. The minimum absolute atomic E-state index is 0.0424. The smallest absolute Gasteiger partial charge is 0.201 e. The number of fused-ring (bicyclic) bond motifs is 1. The molecule has 0 radical (unpaired) electrons. The van der Waals surface area contributed by atoms with Gasteiger partial charge >= 0.3 is 0 Å². The van der Waals surface area contributed by atoms with Crippen molar-refractivity contribution in [3.8, 4) is 5.69 Å². The van der Waals surface area contributed by atoms with Crippen molar-refractivity contribution in [1.29, 1.82) is 0 Å². The van der Waals surface area contributed by atoms with Gasteiger partial charge in [-0.3, -0.25) is 4.79 Å². The molecule has 0 atom stereocenters. The van der Waals surface area contributed by atoms with Crippen LogP contribution in [-0.4, -0.2) is 15.5 Å². The van der Waals surface area contributed by atoms with Crippen molar-refractivity contribution in [2.45, 2.75) is 41.0 Å². The summed E-state index contributed by atoms with van der Waals surface area (Å²) >= 11 is 0. The van der Waals surface area contributed by atoms with E-state index in [4.69, 9.17) is 0 Å². The highest BCUT2D eigenvalue weighted by Crippen LogP contribution is 2.46. The molecule has 6 rings (SSSR count). The van der Waals surface area contributed by atoms with Crippen molar-refractivity contribution >= 4 is 27.8 Å². The summed E-state index contributed by atoms with van der Waals surface area (Å²) in [7, 11) is 0. The lowest BCUT2D eigenvalue weighted by Gasteiger charge is -2.26. The lowest BCUT2D eigenvalue weighted by atomic mass is 9.76. The molecule has 1 aromatic heterocycles. The molecule has 0 fully saturated rings. The number of aliphatic hydroxyl groups excluding tert-OH is 1. The molecule has 0 aliphatic heterocycles. The number of nitrogens with zero attached hydrogens (tertiary/aromatic N) is 1. The van der Waals surface area contributed by atoms with Gasteiger partial charge in [0.25, 0.3) is 0 Å². The van der Waals surface area contributed by atoms with Crippen LogP contribution in [0.4, 0.5) is 0 Å². The van der Waals surface area contributed by atoms with Crippen LogP contribution in [-0.2, 0) is 11.2 Å². The number of Topliss-reactive ketones (excluding diaryl/α,β-unsaturated/α-hetero) is 1. The SMILES string of the molecule is C=C(C)/C(=C1\C(=O)C(c2c(C)n(-c3ccc(Cc4ccccc4)cc3)c3ccc(C)cc23)=C1O)c1cc(C)ccc1C. The molecule has 3 heteroatoms. The van der Waals surface area contributed by atoms with Crippen LogP contribution in [0.2, 0.25) is 0 Å². The maximum absolute atomic E-state index is 14.0. The highest BCUT2D eigenvalue weighted by Gasteiger charge is 2.40. The van der Waals surface area contributed by atoms with Crippen LogP contribution in [0.25, 0.3) is 27.7 Å². The molecule has 0 unspecified atom stereocenters. The maximum atomic E-state index is 14.0. The minimum atomic E-state index is -0.145. The normalized spacial score (nSPS) is 14.4. The fraction of sp³-hybridized carbons (Fsp3) is 0.154. The van der Waals surface area contributed by atoms with E-state index in [-0.39, 0.29) is 11.5 Å². The molecule has 0 saturated carbocycles. The zero-order chi connectivity index (χ0) is 29.7. The molecule has 208 valence electrons. The molecule has 1 N–H and O–H groups in total. The van der Waals surface area contributed by atoms with Gasteiger partial charge in [0, 0.05) is 22.3 Å². The molecule has 42 heavy (non-hydrogen) atoms. The highest BCUT2D eigenvalue weighted by atomic mass is 16.3. The van der Waals surface area contributed by atoms with E-state index < -0.39 is 0 Å². The van der Waals surface area contributed by atoms with Crippen LogP contribution >= 0.6 is 0 Å². The zero-order valence-corrected chi connectivity index (χ0v) is 24.9. The number of benzene rings is 4. The van der Waals surface area contributed by atoms with E-state index in [1.807, 2.05) is 39.8 Å². The molecule has 0 bridgehead atoms. The fourth-order valence-electron chi connectivity index (χ4n) is 6.22. The van der Waals surface area contributed by atoms with Gasteiger partial charge in [-0.2, -0.15) is 0 Å². The predicted octanol–water partition coefficient (Wildman–Crippen LogP) is 9.34. The monoisotopic (exact) mass is 549 g/mol. The van der Waals surface area contributed by atoms with Crippen LogP contribution in [0.15, 0.2) is 114 Å². The number of aryl methyl sites for hydroxylation is 3. The van der Waals surface area contributed by atoms with E-state index in [0.717, 1.165) is 62.1 Å². The van der Waals surface area contributed by atoms with Crippen molar-refractivity contribution in [2.24, 2.45) is 0 Å². The molecule has 0 amide bonds. The van der Waals surface area contributed by atoms with E-state index >= 15 is 0 Å². The second-order valence-corrected chi connectivity index (χ2v) is 11.5. The summed E-state index contributed by atoms with van der Waals surface area (Å²) in [5.74, 6) is -0.103. The third kappa shape index (κ3) is 4.52. The van der Waals surface area contributed by atoms with E-state index in [0.29, 0.717) is 16.7 Å². The summed E-state index contributed by atoms with van der Waals surface area (Å²) in [6.45, 7) is 14.2. The van der Waals surface area contributed by atoms with Crippen LogP contribution in [0, 0.1) is 27.7 Å². The van der Waals surface area contributed by atoms with E-state index in [1.165, 1.54) is 11.1 Å². The Balaban J connectivity index is 1.50. The number of carbonyl (C=O) groups excluding carboxylic acids is 1. The number of aromatic nitrogens is 1. The first-order valence-corrected chi connectivity index (χ1v) is 14.4. The van der Waals surface area contributed by atoms with E-state index in [9.17, 15) is 9.90 Å². The first kappa shape index (κ1) is 27.3. The number of hydrogen-bond acceptors (Lipinski definition) is 2. The highest BCUT2D eigenvalue weighted by molar-refractivity contribution is 6.43. The number of allylic oxidation sites excluding steroid dienone is 4. The number of ketones is 1. The van der Waals surface area contributed by atoms with E-state index in [1.54, 1.807) is 0 Å². The Morgan fingerprint density at radius 3 is 2.12 bits per heavy atom. The molecule has 1 aliphatic rings. The Kier molecular flexibility index (Phi) is 6.82. The van der Waals surface area contributed by atoms with E-state index in [2.05, 4.69) is 96.9 Å². The molecule has 5 aromatic rings. The van der Waals surface area contributed by atoms with Gasteiger partial charge in [-0.15, -0.1) is 0 Å². The summed E-state index contributed by atoms with van der Waals surface area (Å²) in [6, 6.07) is 31.5. The summed E-state index contributed by atoms with van der Waals surface area (Å²) in [4.78, 5) is 14.0. The Morgan fingerprint density at radius 2 is 1.45 bits per heavy atom. The Bertz CT molecular complexity index is 1970. The molecular weight excluding hydrogens is 514 g/mol. The van der Waals surface area contributed by atoms with Crippen molar-refractivity contribution in [2.75, 3.05) is 0 Å².